The third-order valence-electron chi connectivity index (χ3n) is 2.98. The van der Waals surface area contributed by atoms with Crippen molar-refractivity contribution in [1.29, 1.82) is 0 Å². The Bertz CT molecular complexity index is 471. The Balaban J connectivity index is 2.56. The van der Waals surface area contributed by atoms with Crippen LogP contribution in [0.3, 0.4) is 0 Å². The minimum absolute atomic E-state index is 0.381. The highest BCUT2D eigenvalue weighted by atomic mass is 16.4. The van der Waals surface area contributed by atoms with Crippen LogP contribution < -0.4 is 4.90 Å². The molecule has 0 fully saturated rings. The van der Waals surface area contributed by atoms with Crippen LogP contribution in [0.15, 0.2) is 24.3 Å². The number of benzene rings is 1. The number of anilines is 1. The molecule has 0 saturated heterocycles. The van der Waals surface area contributed by atoms with E-state index in [0.29, 0.717) is 17.8 Å². The maximum atomic E-state index is 12.0. The first kappa shape index (κ1) is 11.6. The van der Waals surface area contributed by atoms with Crippen molar-refractivity contribution in [2.75, 3.05) is 11.4 Å². The van der Waals surface area contributed by atoms with E-state index in [0.717, 1.165) is 0 Å². The van der Waals surface area contributed by atoms with Gasteiger partial charge in [0.2, 0.25) is 5.91 Å². The number of amides is 1. The molecule has 5 nitrogen and oxygen atoms in total. The first-order valence-corrected chi connectivity index (χ1v) is 5.39. The summed E-state index contributed by atoms with van der Waals surface area (Å²) >= 11 is 0. The average Bonchev–Trinajstić information content (AvgIpc) is 2.29. The maximum Gasteiger partial charge on any atom is 0.319 e. The van der Waals surface area contributed by atoms with Gasteiger partial charge in [-0.2, -0.15) is 0 Å². The standard InChI is InChI=1S/C12H13NO4/c1-2-13-8-6-4-3-5-7(8)10(14)9(11(13)15)12(16)17/h3-6,9-10,14H,2H2,1H3,(H,16,17). The van der Waals surface area contributed by atoms with Crippen LogP contribution in [0.2, 0.25) is 0 Å². The molecule has 2 rings (SSSR count). The number of hydrogen-bond acceptors (Lipinski definition) is 3. The van der Waals surface area contributed by atoms with Gasteiger partial charge in [-0.3, -0.25) is 9.59 Å². The van der Waals surface area contributed by atoms with Crippen LogP contribution in [0, 0.1) is 5.92 Å². The van der Waals surface area contributed by atoms with Crippen LogP contribution in [0.1, 0.15) is 18.6 Å². The molecule has 0 spiro atoms. The zero-order chi connectivity index (χ0) is 12.6. The van der Waals surface area contributed by atoms with Crippen LogP contribution in [0.25, 0.3) is 0 Å². The van der Waals surface area contributed by atoms with Crippen LogP contribution in [-0.2, 0) is 9.59 Å². The Kier molecular flexibility index (Phi) is 2.85. The number of carbonyl (C=O) groups is 2. The van der Waals surface area contributed by atoms with Crippen molar-refractivity contribution in [3.05, 3.63) is 29.8 Å². The van der Waals surface area contributed by atoms with Gasteiger partial charge in [0.25, 0.3) is 0 Å². The number of aliphatic hydroxyl groups excluding tert-OH is 1. The molecule has 1 heterocycles. The van der Waals surface area contributed by atoms with Gasteiger partial charge in [0.05, 0.1) is 0 Å². The number of carboxylic acid groups (broad SMARTS) is 1. The lowest BCUT2D eigenvalue weighted by atomic mass is 9.88. The summed E-state index contributed by atoms with van der Waals surface area (Å²) in [5.74, 6) is -3.27. The fourth-order valence-corrected chi connectivity index (χ4v) is 2.15. The number of carbonyl (C=O) groups excluding carboxylic acids is 1. The Morgan fingerprint density at radius 1 is 1.41 bits per heavy atom. The molecule has 0 bridgehead atoms. The molecule has 0 aromatic heterocycles. The fourth-order valence-electron chi connectivity index (χ4n) is 2.15. The van der Waals surface area contributed by atoms with Crippen LogP contribution >= 0.6 is 0 Å². The molecular formula is C12H13NO4. The van der Waals surface area contributed by atoms with E-state index in [4.69, 9.17) is 5.11 Å². The van der Waals surface area contributed by atoms with Crippen LogP contribution in [0.5, 0.6) is 0 Å². The Hall–Kier alpha value is -1.88. The number of aliphatic carboxylic acids is 1. The maximum absolute atomic E-state index is 12.0. The van der Waals surface area contributed by atoms with Crippen molar-refractivity contribution in [2.45, 2.75) is 13.0 Å². The van der Waals surface area contributed by atoms with E-state index < -0.39 is 23.9 Å². The van der Waals surface area contributed by atoms with Gasteiger partial charge in [-0.1, -0.05) is 18.2 Å². The zero-order valence-electron chi connectivity index (χ0n) is 9.33. The molecule has 0 saturated carbocycles. The summed E-state index contributed by atoms with van der Waals surface area (Å²) in [5, 5.41) is 19.0. The monoisotopic (exact) mass is 235 g/mol. The Labute approximate surface area is 98.3 Å². The first-order chi connectivity index (χ1) is 8.07. The number of para-hydroxylation sites is 1. The molecule has 90 valence electrons. The van der Waals surface area contributed by atoms with E-state index in [-0.39, 0.29) is 0 Å². The molecule has 17 heavy (non-hydrogen) atoms. The SMILES string of the molecule is CCN1C(=O)C(C(=O)O)C(O)c2ccccc21. The molecule has 0 aliphatic carbocycles. The molecule has 1 aliphatic heterocycles. The molecule has 0 radical (unpaired) electrons. The van der Waals surface area contributed by atoms with Crippen molar-refractivity contribution in [3.8, 4) is 0 Å². The summed E-state index contributed by atoms with van der Waals surface area (Å²) in [6, 6.07) is 6.82. The molecule has 1 aliphatic rings. The summed E-state index contributed by atoms with van der Waals surface area (Å²) < 4.78 is 0. The van der Waals surface area contributed by atoms with E-state index in [9.17, 15) is 14.7 Å². The minimum Gasteiger partial charge on any atom is -0.481 e. The van der Waals surface area contributed by atoms with E-state index >= 15 is 0 Å². The van der Waals surface area contributed by atoms with Crippen molar-refractivity contribution < 1.29 is 19.8 Å². The number of rotatable bonds is 2. The molecule has 1 amide bonds. The number of carboxylic acids is 1. The Morgan fingerprint density at radius 3 is 2.65 bits per heavy atom. The first-order valence-electron chi connectivity index (χ1n) is 5.39. The lowest BCUT2D eigenvalue weighted by Gasteiger charge is -2.34. The van der Waals surface area contributed by atoms with E-state index in [2.05, 4.69) is 0 Å². The minimum atomic E-state index is -1.41. The highest BCUT2D eigenvalue weighted by Crippen LogP contribution is 2.37. The quantitative estimate of drug-likeness (QED) is 0.743. The van der Waals surface area contributed by atoms with Crippen molar-refractivity contribution in [1.82, 2.24) is 0 Å². The van der Waals surface area contributed by atoms with E-state index in [1.807, 2.05) is 0 Å². The van der Waals surface area contributed by atoms with Crippen LogP contribution in [-0.4, -0.2) is 28.6 Å². The van der Waals surface area contributed by atoms with E-state index in [1.54, 1.807) is 31.2 Å². The molecule has 1 aromatic carbocycles. The van der Waals surface area contributed by atoms with Crippen molar-refractivity contribution in [3.63, 3.8) is 0 Å². The largest absolute Gasteiger partial charge is 0.481 e. The normalized spacial score (nSPS) is 23.4. The second kappa shape index (κ2) is 4.18. The highest BCUT2D eigenvalue weighted by Gasteiger charge is 2.43. The summed E-state index contributed by atoms with van der Waals surface area (Å²) in [4.78, 5) is 24.4. The topological polar surface area (TPSA) is 77.8 Å². The van der Waals surface area contributed by atoms with Gasteiger partial charge < -0.3 is 15.1 Å². The highest BCUT2D eigenvalue weighted by molar-refractivity contribution is 6.08. The second-order valence-electron chi connectivity index (χ2n) is 3.90. The average molecular weight is 235 g/mol. The van der Waals surface area contributed by atoms with Gasteiger partial charge >= 0.3 is 5.97 Å². The molecule has 2 N–H and O–H groups in total. The number of hydrogen-bond donors (Lipinski definition) is 2. The molecule has 1 aromatic rings. The molecular weight excluding hydrogens is 222 g/mol. The predicted octanol–water partition coefficient (Wildman–Crippen LogP) is 0.787. The lowest BCUT2D eigenvalue weighted by molar-refractivity contribution is -0.151. The van der Waals surface area contributed by atoms with Crippen molar-refractivity contribution >= 4 is 17.6 Å². The van der Waals surface area contributed by atoms with Crippen molar-refractivity contribution in [2.24, 2.45) is 5.92 Å². The number of aliphatic hydroxyl groups is 1. The summed E-state index contributed by atoms with van der Waals surface area (Å²) in [7, 11) is 0. The predicted molar refractivity (Wildman–Crippen MR) is 60.6 cm³/mol. The lowest BCUT2D eigenvalue weighted by Crippen LogP contribution is -2.46. The number of fused-ring (bicyclic) bond motifs is 1. The third-order valence-corrected chi connectivity index (χ3v) is 2.98. The second-order valence-corrected chi connectivity index (χ2v) is 3.90. The smallest absolute Gasteiger partial charge is 0.319 e. The molecule has 5 heteroatoms. The van der Waals surface area contributed by atoms with Gasteiger partial charge in [-0.15, -0.1) is 0 Å². The van der Waals surface area contributed by atoms with Gasteiger partial charge in [-0.25, -0.2) is 0 Å². The van der Waals surface area contributed by atoms with Crippen LogP contribution in [0.4, 0.5) is 5.69 Å². The third kappa shape index (κ3) is 1.68. The fraction of sp³-hybridized carbons (Fsp3) is 0.333. The molecule has 2 atom stereocenters. The summed E-state index contributed by atoms with van der Waals surface area (Å²) in [6.07, 6.45) is -1.28. The van der Waals surface area contributed by atoms with Gasteiger partial charge in [0.1, 0.15) is 6.10 Å². The van der Waals surface area contributed by atoms with E-state index in [1.165, 1.54) is 4.90 Å². The zero-order valence-corrected chi connectivity index (χ0v) is 9.33. The van der Waals surface area contributed by atoms with Gasteiger partial charge in [0.15, 0.2) is 5.92 Å². The molecule has 2 unspecified atom stereocenters. The summed E-state index contributed by atoms with van der Waals surface area (Å²) in [5.41, 5.74) is 1.08. The Morgan fingerprint density at radius 2 is 2.06 bits per heavy atom. The summed E-state index contributed by atoms with van der Waals surface area (Å²) in [6.45, 7) is 2.15. The van der Waals surface area contributed by atoms with Gasteiger partial charge in [-0.05, 0) is 13.0 Å². The number of nitrogens with zero attached hydrogens (tertiary/aromatic N) is 1. The van der Waals surface area contributed by atoms with Gasteiger partial charge in [0, 0.05) is 17.8 Å².